The summed E-state index contributed by atoms with van der Waals surface area (Å²) >= 11 is 6.09. The molecule has 7 nitrogen and oxygen atoms in total. The number of halogens is 1. The maximum absolute atomic E-state index is 13.5. The second-order valence-electron chi connectivity index (χ2n) is 9.22. The molecule has 1 aliphatic carbocycles. The molecule has 34 heavy (non-hydrogen) atoms. The van der Waals surface area contributed by atoms with Gasteiger partial charge in [0.1, 0.15) is 6.04 Å². The van der Waals surface area contributed by atoms with Crippen molar-refractivity contribution >= 4 is 35.1 Å². The second-order valence-corrected chi connectivity index (χ2v) is 9.63. The Morgan fingerprint density at radius 3 is 2.35 bits per heavy atom. The predicted molar refractivity (Wildman–Crippen MR) is 131 cm³/mol. The number of nitrogens with zero attached hydrogens (tertiary/aromatic N) is 1. The van der Waals surface area contributed by atoms with Gasteiger partial charge in [0.2, 0.25) is 11.8 Å². The number of carboxylic acids is 1. The molecule has 2 fully saturated rings. The summed E-state index contributed by atoms with van der Waals surface area (Å²) < 4.78 is 0. The van der Waals surface area contributed by atoms with Crippen LogP contribution >= 0.6 is 11.6 Å². The minimum absolute atomic E-state index is 0.0346. The van der Waals surface area contributed by atoms with E-state index in [4.69, 9.17) is 17.3 Å². The molecular weight excluding hydrogens is 454 g/mol. The van der Waals surface area contributed by atoms with Gasteiger partial charge in [0.05, 0.1) is 10.6 Å². The summed E-state index contributed by atoms with van der Waals surface area (Å²) in [6.45, 7) is 1.17. The van der Waals surface area contributed by atoms with Gasteiger partial charge in [-0.1, -0.05) is 41.9 Å². The number of hydrogen-bond acceptors (Lipinski definition) is 4. The number of carbonyl (C=O) groups is 3. The number of rotatable bonds is 6. The molecule has 2 unspecified atom stereocenters. The van der Waals surface area contributed by atoms with Crippen molar-refractivity contribution in [2.45, 2.75) is 44.1 Å². The average molecular weight is 484 g/mol. The first kappa shape index (κ1) is 24.2. The Labute approximate surface area is 204 Å². The lowest BCUT2D eigenvalue weighted by atomic mass is 9.81. The van der Waals surface area contributed by atoms with Crippen molar-refractivity contribution in [3.63, 3.8) is 0 Å². The van der Waals surface area contributed by atoms with E-state index in [1.807, 2.05) is 30.3 Å². The largest absolute Gasteiger partial charge is 0.478 e. The van der Waals surface area contributed by atoms with Gasteiger partial charge in [-0.3, -0.25) is 9.59 Å². The number of nitrogens with one attached hydrogen (secondary N) is 1. The van der Waals surface area contributed by atoms with Crippen molar-refractivity contribution in [1.82, 2.24) is 4.90 Å². The van der Waals surface area contributed by atoms with E-state index >= 15 is 0 Å². The molecule has 2 amide bonds. The van der Waals surface area contributed by atoms with E-state index in [1.54, 1.807) is 4.90 Å². The van der Waals surface area contributed by atoms with Gasteiger partial charge in [-0.05, 0) is 68.3 Å². The van der Waals surface area contributed by atoms with Crippen LogP contribution in [0.25, 0.3) is 0 Å². The number of carboxylic acid groups (broad SMARTS) is 1. The van der Waals surface area contributed by atoms with E-state index in [2.05, 4.69) is 5.32 Å². The molecule has 0 radical (unpaired) electrons. The molecule has 1 heterocycles. The van der Waals surface area contributed by atoms with E-state index < -0.39 is 12.0 Å². The van der Waals surface area contributed by atoms with Gasteiger partial charge in [0.15, 0.2) is 0 Å². The van der Waals surface area contributed by atoms with E-state index in [1.165, 1.54) is 18.2 Å². The fourth-order valence-electron chi connectivity index (χ4n) is 5.28. The molecule has 2 atom stereocenters. The van der Waals surface area contributed by atoms with E-state index in [0.29, 0.717) is 31.1 Å². The highest BCUT2D eigenvalue weighted by atomic mass is 35.5. The number of carbonyl (C=O) groups excluding carboxylic acids is 2. The second kappa shape index (κ2) is 10.6. The van der Waals surface area contributed by atoms with Gasteiger partial charge < -0.3 is 21.1 Å². The molecule has 2 aromatic rings. The summed E-state index contributed by atoms with van der Waals surface area (Å²) in [6.07, 6.45) is 4.18. The predicted octanol–water partition coefficient (Wildman–Crippen LogP) is 4.13. The fraction of sp³-hybridized carbons (Fsp3) is 0.423. The molecule has 0 spiro atoms. The van der Waals surface area contributed by atoms with E-state index in [-0.39, 0.29) is 34.2 Å². The molecule has 0 aromatic heterocycles. The average Bonchev–Trinajstić information content (AvgIpc) is 3.29. The summed E-state index contributed by atoms with van der Waals surface area (Å²) in [5.41, 5.74) is 7.19. The van der Waals surface area contributed by atoms with Crippen LogP contribution in [0.4, 0.5) is 5.69 Å². The monoisotopic (exact) mass is 483 g/mol. The van der Waals surface area contributed by atoms with Gasteiger partial charge >= 0.3 is 5.97 Å². The lowest BCUT2D eigenvalue weighted by molar-refractivity contribution is -0.141. The third-order valence-electron chi connectivity index (χ3n) is 7.17. The van der Waals surface area contributed by atoms with Gasteiger partial charge in [-0.25, -0.2) is 4.79 Å². The van der Waals surface area contributed by atoms with Crippen molar-refractivity contribution in [2.24, 2.45) is 17.6 Å². The van der Waals surface area contributed by atoms with Gasteiger partial charge in [-0.2, -0.15) is 0 Å². The lowest BCUT2D eigenvalue weighted by Crippen LogP contribution is -2.48. The normalized spacial score (nSPS) is 24.6. The minimum atomic E-state index is -1.14. The molecule has 1 saturated heterocycles. The van der Waals surface area contributed by atoms with Crippen LogP contribution in [0, 0.1) is 11.8 Å². The number of anilines is 1. The van der Waals surface area contributed by atoms with Crippen LogP contribution in [0.2, 0.25) is 5.02 Å². The van der Waals surface area contributed by atoms with Crippen LogP contribution in [0.15, 0.2) is 48.5 Å². The lowest BCUT2D eigenvalue weighted by Gasteiger charge is -2.33. The summed E-state index contributed by atoms with van der Waals surface area (Å²) in [4.78, 5) is 40.1. The number of hydrogen-bond donors (Lipinski definition) is 3. The van der Waals surface area contributed by atoms with Crippen molar-refractivity contribution in [1.29, 1.82) is 0 Å². The molecule has 2 aliphatic rings. The standard InChI is InChI=1S/C26H30ClN3O4/c27-22-14-19(10-11-21(22)26(33)34)29-24(31)23-20(17-4-2-1-3-5-17)12-13-30(23)25(32)18-8-6-16(15-28)7-9-18/h1-5,10-11,14,16,18,20,23H,6-9,12-13,15,28H2,(H,29,31)(H,33,34)/t16-,18-,20?,23?. The van der Waals surface area contributed by atoms with Crippen LogP contribution in [-0.2, 0) is 9.59 Å². The Morgan fingerprint density at radius 1 is 1.03 bits per heavy atom. The SMILES string of the molecule is NC[C@H]1CC[C@H](C(=O)N2CCC(c3ccccc3)C2C(=O)Nc2ccc(C(=O)O)c(Cl)c2)CC1. The highest BCUT2D eigenvalue weighted by Gasteiger charge is 2.44. The minimum Gasteiger partial charge on any atom is -0.478 e. The van der Waals surface area contributed by atoms with Crippen LogP contribution < -0.4 is 11.1 Å². The van der Waals surface area contributed by atoms with Crippen LogP contribution in [-0.4, -0.2) is 46.9 Å². The molecule has 2 aromatic carbocycles. The van der Waals surface area contributed by atoms with Crippen molar-refractivity contribution in [2.75, 3.05) is 18.4 Å². The zero-order valence-corrected chi connectivity index (χ0v) is 19.7. The molecule has 8 heteroatoms. The molecule has 4 N–H and O–H groups in total. The van der Waals surface area contributed by atoms with Crippen molar-refractivity contribution < 1.29 is 19.5 Å². The first-order valence-electron chi connectivity index (χ1n) is 11.8. The molecule has 4 rings (SSSR count). The molecule has 180 valence electrons. The van der Waals surface area contributed by atoms with E-state index in [0.717, 1.165) is 31.2 Å². The topological polar surface area (TPSA) is 113 Å². The van der Waals surface area contributed by atoms with E-state index in [9.17, 15) is 19.5 Å². The number of benzene rings is 2. The first-order chi connectivity index (χ1) is 16.4. The van der Waals surface area contributed by atoms with Crippen LogP contribution in [0.5, 0.6) is 0 Å². The third kappa shape index (κ3) is 5.10. The third-order valence-corrected chi connectivity index (χ3v) is 7.49. The Bertz CT molecular complexity index is 1050. The quantitative estimate of drug-likeness (QED) is 0.571. The molecule has 0 bridgehead atoms. The zero-order chi connectivity index (χ0) is 24.2. The summed E-state index contributed by atoms with van der Waals surface area (Å²) in [7, 11) is 0. The van der Waals surface area contributed by atoms with Crippen molar-refractivity contribution in [3.8, 4) is 0 Å². The van der Waals surface area contributed by atoms with Crippen molar-refractivity contribution in [3.05, 3.63) is 64.7 Å². The first-order valence-corrected chi connectivity index (χ1v) is 12.2. The maximum Gasteiger partial charge on any atom is 0.337 e. The van der Waals surface area contributed by atoms with Crippen LogP contribution in [0.3, 0.4) is 0 Å². The number of amides is 2. The summed E-state index contributed by atoms with van der Waals surface area (Å²) in [6, 6.07) is 13.4. The fourth-order valence-corrected chi connectivity index (χ4v) is 5.54. The summed E-state index contributed by atoms with van der Waals surface area (Å²) in [5, 5.41) is 12.1. The Kier molecular flexibility index (Phi) is 7.54. The Balaban J connectivity index is 1.57. The van der Waals surface area contributed by atoms with Gasteiger partial charge in [0.25, 0.3) is 0 Å². The molecular formula is C26H30ClN3O4. The number of aromatic carboxylic acids is 1. The summed E-state index contributed by atoms with van der Waals surface area (Å²) in [5.74, 6) is -1.14. The zero-order valence-electron chi connectivity index (χ0n) is 19.0. The Morgan fingerprint density at radius 2 is 1.74 bits per heavy atom. The number of likely N-dealkylation sites (tertiary alicyclic amines) is 1. The Hall–Kier alpha value is -2.90. The highest BCUT2D eigenvalue weighted by molar-refractivity contribution is 6.33. The van der Waals surface area contributed by atoms with Crippen LogP contribution in [0.1, 0.15) is 53.9 Å². The smallest absolute Gasteiger partial charge is 0.337 e. The highest BCUT2D eigenvalue weighted by Crippen LogP contribution is 2.38. The molecule has 1 aliphatic heterocycles. The number of nitrogens with two attached hydrogens (primary N) is 1. The van der Waals surface area contributed by atoms with Gasteiger partial charge in [0, 0.05) is 24.1 Å². The van der Waals surface area contributed by atoms with Gasteiger partial charge in [-0.15, -0.1) is 0 Å². The molecule has 1 saturated carbocycles. The maximum atomic E-state index is 13.5.